The van der Waals surface area contributed by atoms with E-state index in [1.54, 1.807) is 0 Å². The van der Waals surface area contributed by atoms with E-state index in [1.807, 2.05) is 49.1 Å². The quantitative estimate of drug-likeness (QED) is 0.216. The molecular formula is C32H43NO7PS+. The highest BCUT2D eigenvalue weighted by molar-refractivity contribution is 7.25. The number of amides is 1. The molecule has 2 heterocycles. The summed E-state index contributed by atoms with van der Waals surface area (Å²) in [5.74, 6) is -0.321. The molecule has 228 valence electrons. The van der Waals surface area contributed by atoms with Gasteiger partial charge in [0.1, 0.15) is 4.88 Å². The van der Waals surface area contributed by atoms with Crippen LogP contribution < -0.4 is 4.90 Å². The zero-order chi connectivity index (χ0) is 29.9. The number of nitrogens with zero attached hydrogens (tertiary/aromatic N) is 1. The van der Waals surface area contributed by atoms with E-state index in [9.17, 15) is 14.2 Å². The van der Waals surface area contributed by atoms with Crippen molar-refractivity contribution in [1.29, 1.82) is 0 Å². The number of hydrogen-bond donors (Lipinski definition) is 0. The average Bonchev–Trinajstić information content (AvgIpc) is 3.66. The zero-order valence-electron chi connectivity index (χ0n) is 25.1. The van der Waals surface area contributed by atoms with Crippen LogP contribution in [-0.4, -0.2) is 50.6 Å². The maximum Gasteiger partial charge on any atom is 0.364 e. The first-order valence-corrected chi connectivity index (χ1v) is 16.9. The molecule has 10 heteroatoms. The number of ether oxygens (including phenoxy) is 4. The van der Waals surface area contributed by atoms with Crippen LogP contribution in [0.25, 0.3) is 10.4 Å². The number of esters is 1. The molecule has 8 nitrogen and oxygen atoms in total. The van der Waals surface area contributed by atoms with Crippen molar-refractivity contribution in [3.8, 4) is 10.4 Å². The lowest BCUT2D eigenvalue weighted by molar-refractivity contribution is -0.179. The first-order valence-electron chi connectivity index (χ1n) is 15.2. The van der Waals surface area contributed by atoms with Gasteiger partial charge in [0.05, 0.1) is 26.0 Å². The predicted octanol–water partition coefficient (Wildman–Crippen LogP) is 7.28. The van der Waals surface area contributed by atoms with Crippen molar-refractivity contribution in [2.45, 2.75) is 89.3 Å². The molecule has 1 spiro atoms. The van der Waals surface area contributed by atoms with Crippen LogP contribution in [0.3, 0.4) is 0 Å². The maximum atomic E-state index is 14.3. The van der Waals surface area contributed by atoms with Crippen molar-refractivity contribution < 1.29 is 33.1 Å². The Morgan fingerprint density at radius 3 is 2.29 bits per heavy atom. The third kappa shape index (κ3) is 6.36. The average molecular weight is 617 g/mol. The van der Waals surface area contributed by atoms with Crippen LogP contribution in [0.5, 0.6) is 0 Å². The first kappa shape index (κ1) is 31.3. The second-order valence-corrected chi connectivity index (χ2v) is 14.2. The first-order chi connectivity index (χ1) is 20.2. The van der Waals surface area contributed by atoms with E-state index in [2.05, 4.69) is 6.92 Å². The molecular weight excluding hydrogens is 573 g/mol. The van der Waals surface area contributed by atoms with Crippen LogP contribution in [0.2, 0.25) is 0 Å². The van der Waals surface area contributed by atoms with Gasteiger partial charge >= 0.3 is 14.4 Å². The molecule has 42 heavy (non-hydrogen) atoms. The molecule has 0 bridgehead atoms. The Morgan fingerprint density at radius 1 is 1.07 bits per heavy atom. The second-order valence-electron chi connectivity index (χ2n) is 12.0. The molecule has 0 radical (unpaired) electrons. The van der Waals surface area contributed by atoms with Gasteiger partial charge in [-0.2, -0.15) is 0 Å². The van der Waals surface area contributed by atoms with E-state index in [0.29, 0.717) is 49.1 Å². The lowest BCUT2D eigenvalue weighted by Crippen LogP contribution is -2.49. The Kier molecular flexibility index (Phi) is 9.85. The molecule has 2 unspecified atom stereocenters. The molecule has 3 aliphatic rings. The van der Waals surface area contributed by atoms with Gasteiger partial charge in [0.2, 0.25) is 5.91 Å². The summed E-state index contributed by atoms with van der Waals surface area (Å²) in [6.45, 7) is 7.61. The third-order valence-corrected chi connectivity index (χ3v) is 11.2. The minimum absolute atomic E-state index is 0.0616. The van der Waals surface area contributed by atoms with E-state index in [0.717, 1.165) is 54.5 Å². The van der Waals surface area contributed by atoms with Crippen molar-refractivity contribution in [2.24, 2.45) is 11.8 Å². The minimum atomic E-state index is -0.878. The Labute approximate surface area is 254 Å². The third-order valence-electron chi connectivity index (χ3n) is 9.19. The number of carbonyl (C=O) groups excluding carboxylic acids is 2. The number of hydrogen-bond acceptors (Lipinski definition) is 8. The van der Waals surface area contributed by atoms with Gasteiger partial charge in [-0.25, -0.2) is 4.79 Å². The molecule has 1 aromatic heterocycles. The molecule has 5 rings (SSSR count). The standard InChI is InChI=1S/C32H42NO7PS/c1-5-38-31(3,41-36)24-12-10-22(11-13-24)27-20-26(28(42-27)30(35)37-4)33(29(34)23-8-6-21(2)7-9-23)25-14-16-32(17-15-25)39-18-19-40-32/h10-13,20-21,23,25H,5-9,14-19H2,1-4H3/p+1. The monoisotopic (exact) mass is 616 g/mol. The van der Waals surface area contributed by atoms with Crippen molar-refractivity contribution >= 4 is 37.4 Å². The summed E-state index contributed by atoms with van der Waals surface area (Å²) in [7, 11) is 0.732. The molecule has 1 amide bonds. The fourth-order valence-electron chi connectivity index (χ4n) is 6.64. The van der Waals surface area contributed by atoms with Gasteiger partial charge in [-0.1, -0.05) is 35.8 Å². The predicted molar refractivity (Wildman–Crippen MR) is 165 cm³/mol. The summed E-state index contributed by atoms with van der Waals surface area (Å²) in [5.41, 5.74) is 2.36. The number of thiophene rings is 1. The molecule has 0 N–H and O–H groups in total. The summed E-state index contributed by atoms with van der Waals surface area (Å²) in [6.07, 6.45) is 6.71. The number of rotatable bonds is 9. The Hall–Kier alpha value is -2.16. The highest BCUT2D eigenvalue weighted by Crippen LogP contribution is 2.45. The maximum absolute atomic E-state index is 14.3. The summed E-state index contributed by atoms with van der Waals surface area (Å²) >= 11 is 1.34. The molecule has 3 fully saturated rings. The summed E-state index contributed by atoms with van der Waals surface area (Å²) in [5, 5.41) is -0.878. The number of methoxy groups -OCH3 is 1. The van der Waals surface area contributed by atoms with Crippen molar-refractivity contribution in [2.75, 3.05) is 31.8 Å². The molecule has 2 aliphatic carbocycles. The Morgan fingerprint density at radius 2 is 1.71 bits per heavy atom. The largest absolute Gasteiger partial charge is 0.465 e. The second kappa shape index (κ2) is 13.2. The molecule has 2 saturated carbocycles. The van der Waals surface area contributed by atoms with Crippen LogP contribution in [-0.2, 0) is 33.6 Å². The molecule has 2 atom stereocenters. The van der Waals surface area contributed by atoms with Crippen LogP contribution in [0.1, 0.15) is 87.4 Å². The van der Waals surface area contributed by atoms with E-state index in [4.69, 9.17) is 18.9 Å². The smallest absolute Gasteiger partial charge is 0.364 e. The SMILES string of the molecule is CCOC(C)([PH+]=O)c1ccc(-c2cc(N(C(=O)C3CCC(C)CC3)C3CCC4(CC3)OCCO4)c(C(=O)OC)s2)cc1. The highest BCUT2D eigenvalue weighted by atomic mass is 32.1. The molecule has 1 saturated heterocycles. The lowest BCUT2D eigenvalue weighted by atomic mass is 9.81. The van der Waals surface area contributed by atoms with Gasteiger partial charge in [-0.15, -0.1) is 11.3 Å². The summed E-state index contributed by atoms with van der Waals surface area (Å²) in [6, 6.07) is 9.66. The molecule has 1 aromatic carbocycles. The van der Waals surface area contributed by atoms with Gasteiger partial charge in [-0.3, -0.25) is 4.79 Å². The highest BCUT2D eigenvalue weighted by Gasteiger charge is 2.44. The number of anilines is 1. The van der Waals surface area contributed by atoms with E-state index >= 15 is 0 Å². The zero-order valence-corrected chi connectivity index (χ0v) is 26.9. The fraction of sp³-hybridized carbons (Fsp3) is 0.625. The van der Waals surface area contributed by atoms with Crippen LogP contribution >= 0.6 is 19.8 Å². The van der Waals surface area contributed by atoms with Crippen LogP contribution in [0, 0.1) is 11.8 Å². The van der Waals surface area contributed by atoms with Crippen molar-refractivity contribution in [3.63, 3.8) is 0 Å². The summed E-state index contributed by atoms with van der Waals surface area (Å²) < 4.78 is 34.9. The van der Waals surface area contributed by atoms with E-state index in [1.165, 1.54) is 18.4 Å². The van der Waals surface area contributed by atoms with E-state index in [-0.39, 0.29) is 17.9 Å². The van der Waals surface area contributed by atoms with Crippen molar-refractivity contribution in [3.05, 3.63) is 40.8 Å². The van der Waals surface area contributed by atoms with Gasteiger partial charge in [0.15, 0.2) is 5.79 Å². The normalized spacial score (nSPS) is 24.0. The molecule has 2 aromatic rings. The minimum Gasteiger partial charge on any atom is -0.465 e. The Balaban J connectivity index is 1.50. The molecule has 1 aliphatic heterocycles. The number of benzene rings is 1. The van der Waals surface area contributed by atoms with Gasteiger partial charge < -0.3 is 23.8 Å². The van der Waals surface area contributed by atoms with Crippen LogP contribution in [0.4, 0.5) is 5.69 Å². The number of carbonyl (C=O) groups is 2. The fourth-order valence-corrected chi connectivity index (χ4v) is 8.20. The topological polar surface area (TPSA) is 91.4 Å². The lowest BCUT2D eigenvalue weighted by Gasteiger charge is -2.42. The van der Waals surface area contributed by atoms with Gasteiger partial charge in [0, 0.05) is 48.8 Å². The Bertz CT molecular complexity index is 1260. The van der Waals surface area contributed by atoms with Crippen molar-refractivity contribution in [1.82, 2.24) is 0 Å². The summed E-state index contributed by atoms with van der Waals surface area (Å²) in [4.78, 5) is 30.7. The van der Waals surface area contributed by atoms with Gasteiger partial charge in [-0.05, 0) is 63.0 Å². The van der Waals surface area contributed by atoms with E-state index < -0.39 is 25.6 Å². The van der Waals surface area contributed by atoms with Gasteiger partial charge in [0.25, 0.3) is 5.34 Å². The van der Waals surface area contributed by atoms with Crippen LogP contribution in [0.15, 0.2) is 30.3 Å².